The number of fused-ring (bicyclic) bond motifs is 1. The van der Waals surface area contributed by atoms with Crippen LogP contribution in [0.5, 0.6) is 0 Å². The van der Waals surface area contributed by atoms with Gasteiger partial charge in [0.05, 0.1) is 5.69 Å². The zero-order chi connectivity index (χ0) is 8.55. The van der Waals surface area contributed by atoms with Crippen LogP contribution in [0.3, 0.4) is 0 Å². The Morgan fingerprint density at radius 2 is 2.50 bits per heavy atom. The number of carbonyl (C=O) groups excluding carboxylic acids is 1. The fraction of sp³-hybridized carbons (Fsp3) is 0.500. The normalized spacial score (nSPS) is 17.4. The molecule has 4 nitrogen and oxygen atoms in total. The van der Waals surface area contributed by atoms with E-state index in [9.17, 15) is 4.79 Å². The molecule has 0 spiro atoms. The maximum atomic E-state index is 10.5. The molecule has 1 aliphatic heterocycles. The van der Waals surface area contributed by atoms with Gasteiger partial charge in [-0.15, -0.1) is 0 Å². The first-order valence-electron chi connectivity index (χ1n) is 3.92. The van der Waals surface area contributed by atoms with E-state index in [1.165, 1.54) is 0 Å². The summed E-state index contributed by atoms with van der Waals surface area (Å²) in [6.45, 7) is 1.75. The molecule has 12 heavy (non-hydrogen) atoms. The summed E-state index contributed by atoms with van der Waals surface area (Å²) in [6, 6.07) is 0. The van der Waals surface area contributed by atoms with Gasteiger partial charge in [-0.3, -0.25) is 4.79 Å². The van der Waals surface area contributed by atoms with Gasteiger partial charge in [0.1, 0.15) is 0 Å². The van der Waals surface area contributed by atoms with Crippen LogP contribution in [0, 0.1) is 0 Å². The quantitative estimate of drug-likeness (QED) is 0.569. The minimum absolute atomic E-state index is 0.386. The second-order valence-electron chi connectivity index (χ2n) is 3.08. The molecule has 0 radical (unpaired) electrons. The second kappa shape index (κ2) is 2.71. The summed E-state index contributed by atoms with van der Waals surface area (Å²) in [5.74, 6) is 0.386. The fourth-order valence-corrected chi connectivity index (χ4v) is 1.46. The molecule has 0 bridgehead atoms. The molecular weight excluding hydrogens is 156 g/mol. The van der Waals surface area contributed by atoms with E-state index in [0.717, 1.165) is 37.1 Å². The smallest absolute Gasteiger partial charge is 0.203 e. The lowest BCUT2D eigenvalue weighted by Crippen LogP contribution is -2.26. The van der Waals surface area contributed by atoms with Crippen molar-refractivity contribution in [2.45, 2.75) is 13.0 Å². The summed E-state index contributed by atoms with van der Waals surface area (Å²) >= 11 is 0. The third kappa shape index (κ3) is 1.04. The standard InChI is InChI=1S/C8H10N2O2/c1-10-3-2-7-6(4-10)8(5-11)12-9-7/h5H,2-4H2,1H3. The number of rotatable bonds is 1. The maximum absolute atomic E-state index is 10.5. The van der Waals surface area contributed by atoms with Crippen LogP contribution >= 0.6 is 0 Å². The molecule has 2 rings (SSSR count). The van der Waals surface area contributed by atoms with Gasteiger partial charge in [0.15, 0.2) is 6.29 Å². The molecular formula is C8H10N2O2. The van der Waals surface area contributed by atoms with Crippen LogP contribution < -0.4 is 0 Å². The van der Waals surface area contributed by atoms with Crippen LogP contribution in [0.4, 0.5) is 0 Å². The van der Waals surface area contributed by atoms with Gasteiger partial charge in [0.25, 0.3) is 0 Å². The van der Waals surface area contributed by atoms with Crippen molar-refractivity contribution < 1.29 is 9.32 Å². The number of nitrogens with zero attached hydrogens (tertiary/aromatic N) is 2. The minimum Gasteiger partial charge on any atom is -0.353 e. The van der Waals surface area contributed by atoms with E-state index in [0.29, 0.717) is 5.76 Å². The van der Waals surface area contributed by atoms with Gasteiger partial charge in [-0.25, -0.2) is 0 Å². The van der Waals surface area contributed by atoms with Gasteiger partial charge in [-0.2, -0.15) is 0 Å². The number of aromatic nitrogens is 1. The minimum atomic E-state index is 0.386. The molecule has 64 valence electrons. The molecule has 0 fully saturated rings. The number of hydrogen-bond donors (Lipinski definition) is 0. The van der Waals surface area contributed by atoms with E-state index >= 15 is 0 Å². The fourth-order valence-electron chi connectivity index (χ4n) is 1.46. The van der Waals surface area contributed by atoms with Crippen LogP contribution in [-0.2, 0) is 13.0 Å². The molecule has 1 aromatic heterocycles. The topological polar surface area (TPSA) is 46.3 Å². The number of aldehydes is 1. The van der Waals surface area contributed by atoms with Crippen LogP contribution in [0.2, 0.25) is 0 Å². The van der Waals surface area contributed by atoms with Crippen LogP contribution in [0.25, 0.3) is 0 Å². The van der Waals surface area contributed by atoms with Crippen molar-refractivity contribution in [2.75, 3.05) is 13.6 Å². The SMILES string of the molecule is CN1CCc2noc(C=O)c2C1. The molecule has 0 amide bonds. The number of hydrogen-bond acceptors (Lipinski definition) is 4. The van der Waals surface area contributed by atoms with Gasteiger partial charge >= 0.3 is 0 Å². The van der Waals surface area contributed by atoms with Gasteiger partial charge in [-0.05, 0) is 7.05 Å². The Hall–Kier alpha value is -1.16. The molecule has 0 atom stereocenters. The molecule has 0 aliphatic carbocycles. The Balaban J connectivity index is 2.40. The zero-order valence-corrected chi connectivity index (χ0v) is 6.91. The average molecular weight is 166 g/mol. The highest BCUT2D eigenvalue weighted by molar-refractivity contribution is 5.73. The van der Waals surface area contributed by atoms with Crippen molar-refractivity contribution in [3.05, 3.63) is 17.0 Å². The first-order valence-corrected chi connectivity index (χ1v) is 3.92. The molecule has 1 aromatic rings. The highest BCUT2D eigenvalue weighted by atomic mass is 16.5. The highest BCUT2D eigenvalue weighted by Gasteiger charge is 2.21. The van der Waals surface area contributed by atoms with E-state index in [1.807, 2.05) is 7.05 Å². The predicted octanol–water partition coefficient (Wildman–Crippen LogP) is 0.475. The van der Waals surface area contributed by atoms with E-state index in [4.69, 9.17) is 4.52 Å². The lowest BCUT2D eigenvalue weighted by molar-refractivity contribution is 0.109. The van der Waals surface area contributed by atoms with Crippen molar-refractivity contribution >= 4 is 6.29 Å². The lowest BCUT2D eigenvalue weighted by Gasteiger charge is -2.20. The molecule has 0 saturated heterocycles. The largest absolute Gasteiger partial charge is 0.353 e. The molecule has 1 aliphatic rings. The second-order valence-corrected chi connectivity index (χ2v) is 3.08. The van der Waals surface area contributed by atoms with Crippen LogP contribution in [0.15, 0.2) is 4.52 Å². The van der Waals surface area contributed by atoms with Crippen molar-refractivity contribution in [1.29, 1.82) is 0 Å². The van der Waals surface area contributed by atoms with Gasteiger partial charge in [0, 0.05) is 25.1 Å². The monoisotopic (exact) mass is 166 g/mol. The summed E-state index contributed by atoms with van der Waals surface area (Å²) in [6.07, 6.45) is 1.61. The Kier molecular flexibility index (Phi) is 1.69. The van der Waals surface area contributed by atoms with Crippen LogP contribution in [-0.4, -0.2) is 29.9 Å². The van der Waals surface area contributed by atoms with Gasteiger partial charge in [-0.1, -0.05) is 5.16 Å². The van der Waals surface area contributed by atoms with Crippen LogP contribution in [0.1, 0.15) is 21.8 Å². The van der Waals surface area contributed by atoms with E-state index < -0.39 is 0 Å². The molecule has 0 N–H and O–H groups in total. The Bertz CT molecular complexity index is 306. The summed E-state index contributed by atoms with van der Waals surface area (Å²) in [4.78, 5) is 12.6. The summed E-state index contributed by atoms with van der Waals surface area (Å²) in [5, 5.41) is 3.83. The van der Waals surface area contributed by atoms with Crippen molar-refractivity contribution in [2.24, 2.45) is 0 Å². The predicted molar refractivity (Wildman–Crippen MR) is 41.9 cm³/mol. The molecule has 0 unspecified atom stereocenters. The average Bonchev–Trinajstić information content (AvgIpc) is 2.46. The molecule has 4 heteroatoms. The van der Waals surface area contributed by atoms with Gasteiger partial charge < -0.3 is 9.42 Å². The third-order valence-corrected chi connectivity index (χ3v) is 2.17. The maximum Gasteiger partial charge on any atom is 0.203 e. The number of carbonyl (C=O) groups is 1. The Morgan fingerprint density at radius 3 is 3.25 bits per heavy atom. The zero-order valence-electron chi connectivity index (χ0n) is 6.91. The van der Waals surface area contributed by atoms with E-state index in [1.54, 1.807) is 0 Å². The summed E-state index contributed by atoms with van der Waals surface area (Å²) < 4.78 is 4.87. The van der Waals surface area contributed by atoms with Crippen molar-refractivity contribution in [3.63, 3.8) is 0 Å². The van der Waals surface area contributed by atoms with Crippen molar-refractivity contribution in [1.82, 2.24) is 10.1 Å². The third-order valence-electron chi connectivity index (χ3n) is 2.17. The first-order chi connectivity index (χ1) is 5.81. The Labute approximate surface area is 70.1 Å². The molecule has 0 aromatic carbocycles. The lowest BCUT2D eigenvalue weighted by atomic mass is 10.1. The Morgan fingerprint density at radius 1 is 1.67 bits per heavy atom. The number of likely N-dealkylation sites (N-methyl/N-ethyl adjacent to an activating group) is 1. The highest BCUT2D eigenvalue weighted by Crippen LogP contribution is 2.19. The van der Waals surface area contributed by atoms with E-state index in [-0.39, 0.29) is 0 Å². The molecule has 0 saturated carbocycles. The van der Waals surface area contributed by atoms with Gasteiger partial charge in [0.2, 0.25) is 5.76 Å². The van der Waals surface area contributed by atoms with Crippen molar-refractivity contribution in [3.8, 4) is 0 Å². The summed E-state index contributed by atoms with van der Waals surface area (Å²) in [5.41, 5.74) is 1.90. The van der Waals surface area contributed by atoms with E-state index in [2.05, 4.69) is 10.1 Å². The summed E-state index contributed by atoms with van der Waals surface area (Å²) in [7, 11) is 2.02. The first kappa shape index (κ1) is 7.49. The molecule has 2 heterocycles.